The quantitative estimate of drug-likeness (QED) is 0.480. The summed E-state index contributed by atoms with van der Waals surface area (Å²) >= 11 is 0. The Morgan fingerprint density at radius 3 is 1.36 bits per heavy atom. The van der Waals surface area contributed by atoms with E-state index in [0.717, 1.165) is 12.8 Å². The molecule has 0 heterocycles. The molecule has 2 nitrogen and oxygen atoms in total. The Morgan fingerprint density at radius 2 is 1.05 bits per heavy atom. The van der Waals surface area contributed by atoms with Crippen molar-refractivity contribution in [3.63, 3.8) is 0 Å². The highest BCUT2D eigenvalue weighted by Crippen LogP contribution is 2.18. The third-order valence-corrected chi connectivity index (χ3v) is 3.89. The maximum absolute atomic E-state index is 4.28. The summed E-state index contributed by atoms with van der Waals surface area (Å²) in [5.41, 5.74) is 2.58. The molecule has 0 unspecified atom stereocenters. The molecular formula is C20H24N2. The molecule has 22 heavy (non-hydrogen) atoms. The van der Waals surface area contributed by atoms with E-state index in [-0.39, 0.29) is 0 Å². The zero-order valence-electron chi connectivity index (χ0n) is 13.4. The average molecular weight is 292 g/mol. The van der Waals surface area contributed by atoms with E-state index in [1.807, 2.05) is 24.6 Å². The number of benzene rings is 2. The van der Waals surface area contributed by atoms with Gasteiger partial charge in [0.1, 0.15) is 0 Å². The fourth-order valence-corrected chi connectivity index (χ4v) is 2.49. The molecule has 0 radical (unpaired) electrons. The van der Waals surface area contributed by atoms with Crippen LogP contribution >= 0.6 is 0 Å². The van der Waals surface area contributed by atoms with E-state index < -0.39 is 0 Å². The van der Waals surface area contributed by atoms with Gasteiger partial charge in [0, 0.05) is 24.3 Å². The van der Waals surface area contributed by atoms with Crippen LogP contribution in [-0.2, 0) is 0 Å². The Bertz CT molecular complexity index is 532. The monoisotopic (exact) mass is 292 g/mol. The molecular weight excluding hydrogens is 268 g/mol. The third-order valence-electron chi connectivity index (χ3n) is 3.89. The average Bonchev–Trinajstić information content (AvgIpc) is 2.60. The Kier molecular flexibility index (Phi) is 6.56. The first kappa shape index (κ1) is 16.2. The molecule has 0 bridgehead atoms. The largest absolute Gasteiger partial charge is 0.163 e. The van der Waals surface area contributed by atoms with Crippen LogP contribution < -0.4 is 0 Å². The van der Waals surface area contributed by atoms with Crippen LogP contribution in [0.5, 0.6) is 0 Å². The molecule has 0 saturated heterocycles. The van der Waals surface area contributed by atoms with E-state index in [9.17, 15) is 0 Å². The first-order chi connectivity index (χ1) is 10.8. The summed E-state index contributed by atoms with van der Waals surface area (Å²) in [6.07, 6.45) is 5.95. The molecule has 0 N–H and O–H groups in total. The van der Waals surface area contributed by atoms with Crippen molar-refractivity contribution in [1.82, 2.24) is 0 Å². The zero-order valence-corrected chi connectivity index (χ0v) is 13.4. The third kappa shape index (κ3) is 4.66. The Morgan fingerprint density at radius 1 is 0.682 bits per heavy atom. The second kappa shape index (κ2) is 8.93. The molecule has 2 heteroatoms. The summed E-state index contributed by atoms with van der Waals surface area (Å²) in [6, 6.07) is 20.9. The first-order valence-electron chi connectivity index (χ1n) is 8.01. The van der Waals surface area contributed by atoms with E-state index in [1.54, 1.807) is 0 Å². The van der Waals surface area contributed by atoms with E-state index in [0.29, 0.717) is 11.8 Å². The van der Waals surface area contributed by atoms with Gasteiger partial charge in [-0.25, -0.2) is 0 Å². The van der Waals surface area contributed by atoms with E-state index in [1.165, 1.54) is 11.1 Å². The normalized spacial score (nSPS) is 14.5. The molecule has 0 fully saturated rings. The predicted octanol–water partition coefficient (Wildman–Crippen LogP) is 5.43. The van der Waals surface area contributed by atoms with Gasteiger partial charge in [-0.05, 0) is 24.0 Å². The van der Waals surface area contributed by atoms with Crippen LogP contribution in [0.1, 0.15) is 49.7 Å². The van der Waals surface area contributed by atoms with Gasteiger partial charge >= 0.3 is 0 Å². The zero-order chi connectivity index (χ0) is 15.6. The van der Waals surface area contributed by atoms with Crippen LogP contribution in [0, 0.1) is 0 Å². The summed E-state index contributed by atoms with van der Waals surface area (Å²) < 4.78 is 0. The molecule has 2 aromatic carbocycles. The lowest BCUT2D eigenvalue weighted by molar-refractivity contribution is 0.845. The minimum atomic E-state index is 0.329. The second-order valence-corrected chi connectivity index (χ2v) is 5.38. The van der Waals surface area contributed by atoms with Gasteiger partial charge < -0.3 is 0 Å². The van der Waals surface area contributed by atoms with E-state index in [2.05, 4.69) is 72.6 Å². The van der Waals surface area contributed by atoms with Crippen molar-refractivity contribution in [3.05, 3.63) is 71.8 Å². The molecule has 0 aromatic heterocycles. The fraction of sp³-hybridized carbons (Fsp3) is 0.300. The fourth-order valence-electron chi connectivity index (χ4n) is 2.49. The van der Waals surface area contributed by atoms with Crippen molar-refractivity contribution in [2.75, 3.05) is 0 Å². The lowest BCUT2D eigenvalue weighted by Gasteiger charge is -2.09. The molecule has 0 aliphatic heterocycles. The van der Waals surface area contributed by atoms with Crippen molar-refractivity contribution in [3.8, 4) is 0 Å². The molecule has 2 atom stereocenters. The smallest absolute Gasteiger partial charge is 0.0344 e. The number of rotatable bonds is 7. The van der Waals surface area contributed by atoms with Crippen molar-refractivity contribution >= 4 is 12.4 Å². The van der Waals surface area contributed by atoms with Gasteiger partial charge in [-0.3, -0.25) is 0 Å². The van der Waals surface area contributed by atoms with Gasteiger partial charge in [0.05, 0.1) is 0 Å². The summed E-state index contributed by atoms with van der Waals surface area (Å²) in [5, 5.41) is 8.55. The van der Waals surface area contributed by atoms with Crippen LogP contribution in [0.25, 0.3) is 0 Å². The van der Waals surface area contributed by atoms with Gasteiger partial charge in [0.25, 0.3) is 0 Å². The lowest BCUT2D eigenvalue weighted by Crippen LogP contribution is -1.99. The van der Waals surface area contributed by atoms with Crippen molar-refractivity contribution < 1.29 is 0 Å². The highest BCUT2D eigenvalue weighted by Gasteiger charge is 2.06. The van der Waals surface area contributed by atoms with Crippen molar-refractivity contribution in [1.29, 1.82) is 0 Å². The molecule has 0 saturated carbocycles. The van der Waals surface area contributed by atoms with Crippen LogP contribution in [0.4, 0.5) is 0 Å². The summed E-state index contributed by atoms with van der Waals surface area (Å²) in [4.78, 5) is 0. The Hall–Kier alpha value is -2.22. The Balaban J connectivity index is 2.00. The summed E-state index contributed by atoms with van der Waals surface area (Å²) in [6.45, 7) is 4.35. The predicted molar refractivity (Wildman–Crippen MR) is 95.9 cm³/mol. The molecule has 0 aliphatic rings. The molecule has 0 spiro atoms. The van der Waals surface area contributed by atoms with E-state index in [4.69, 9.17) is 0 Å². The van der Waals surface area contributed by atoms with Gasteiger partial charge in [-0.1, -0.05) is 74.5 Å². The van der Waals surface area contributed by atoms with Gasteiger partial charge in [0.2, 0.25) is 0 Å². The van der Waals surface area contributed by atoms with Crippen molar-refractivity contribution in [2.24, 2.45) is 10.2 Å². The van der Waals surface area contributed by atoms with Gasteiger partial charge in [-0.2, -0.15) is 10.2 Å². The SMILES string of the molecule is CC[C@@H](/C=N/N=C/[C@H](CC)c1ccccc1)c1ccccc1. The lowest BCUT2D eigenvalue weighted by atomic mass is 9.98. The standard InChI is InChI=1S/C20H24N2/c1-3-17(19-11-7-5-8-12-19)15-21-22-16-18(4-2)20-13-9-6-10-14-20/h5-18H,3-4H2,1-2H3/b21-15+,22-16+/t17-,18-/m0/s1. The van der Waals surface area contributed by atoms with Crippen LogP contribution in [-0.4, -0.2) is 12.4 Å². The molecule has 114 valence electrons. The topological polar surface area (TPSA) is 24.7 Å². The summed E-state index contributed by atoms with van der Waals surface area (Å²) in [7, 11) is 0. The number of nitrogens with zero attached hydrogens (tertiary/aromatic N) is 2. The highest BCUT2D eigenvalue weighted by molar-refractivity contribution is 5.71. The van der Waals surface area contributed by atoms with Crippen LogP contribution in [0.15, 0.2) is 70.9 Å². The van der Waals surface area contributed by atoms with Gasteiger partial charge in [-0.15, -0.1) is 0 Å². The minimum Gasteiger partial charge on any atom is -0.163 e. The molecule has 2 aromatic rings. The van der Waals surface area contributed by atoms with Crippen molar-refractivity contribution in [2.45, 2.75) is 38.5 Å². The maximum Gasteiger partial charge on any atom is 0.0344 e. The number of hydrogen-bond donors (Lipinski definition) is 0. The number of hydrogen-bond acceptors (Lipinski definition) is 2. The second-order valence-electron chi connectivity index (χ2n) is 5.38. The Labute approximate surface area is 133 Å². The first-order valence-corrected chi connectivity index (χ1v) is 8.01. The van der Waals surface area contributed by atoms with E-state index >= 15 is 0 Å². The minimum absolute atomic E-state index is 0.329. The summed E-state index contributed by atoms with van der Waals surface area (Å²) in [5.74, 6) is 0.658. The van der Waals surface area contributed by atoms with Crippen LogP contribution in [0.2, 0.25) is 0 Å². The molecule has 0 aliphatic carbocycles. The maximum atomic E-state index is 4.28. The van der Waals surface area contributed by atoms with Crippen LogP contribution in [0.3, 0.4) is 0 Å². The highest BCUT2D eigenvalue weighted by atomic mass is 15.2. The molecule has 2 rings (SSSR count). The van der Waals surface area contributed by atoms with Gasteiger partial charge in [0.15, 0.2) is 0 Å². The molecule has 0 amide bonds.